The minimum absolute atomic E-state index is 0.0277. The highest BCUT2D eigenvalue weighted by Crippen LogP contribution is 2.16. The van der Waals surface area contributed by atoms with Crippen LogP contribution in [0.4, 0.5) is 5.13 Å². The number of carbonyl (C=O) groups is 2. The van der Waals surface area contributed by atoms with Crippen LogP contribution in [0, 0.1) is 6.92 Å². The van der Waals surface area contributed by atoms with Crippen LogP contribution in [0.5, 0.6) is 0 Å². The van der Waals surface area contributed by atoms with Crippen LogP contribution in [-0.2, 0) is 16.0 Å². The highest BCUT2D eigenvalue weighted by molar-refractivity contribution is 7.15. The molecule has 1 aromatic carbocycles. The van der Waals surface area contributed by atoms with Gasteiger partial charge in [0.05, 0.1) is 13.0 Å². The van der Waals surface area contributed by atoms with Crippen LogP contribution >= 0.6 is 11.3 Å². The maximum atomic E-state index is 12.5. The topological polar surface area (TPSA) is 62.3 Å². The summed E-state index contributed by atoms with van der Waals surface area (Å²) >= 11 is 1.43. The van der Waals surface area contributed by atoms with Gasteiger partial charge in [-0.1, -0.05) is 43.7 Å². The number of nitrogens with zero attached hydrogens (tertiary/aromatic N) is 2. The number of benzene rings is 1. The van der Waals surface area contributed by atoms with E-state index in [9.17, 15) is 9.59 Å². The molecule has 0 aliphatic rings. The molecule has 0 saturated carbocycles. The maximum absolute atomic E-state index is 12.5. The predicted octanol–water partition coefficient (Wildman–Crippen LogP) is 3.26. The number of anilines is 1. The molecule has 0 radical (unpaired) electrons. The maximum Gasteiger partial charge on any atom is 0.245 e. The highest BCUT2D eigenvalue weighted by atomic mass is 32.1. The van der Waals surface area contributed by atoms with E-state index in [2.05, 4.69) is 17.2 Å². The Kier molecular flexibility index (Phi) is 6.93. The Labute approximate surface area is 146 Å². The first-order valence-electron chi connectivity index (χ1n) is 8.12. The van der Waals surface area contributed by atoms with Crippen LogP contribution in [0.25, 0.3) is 0 Å². The van der Waals surface area contributed by atoms with E-state index in [-0.39, 0.29) is 18.4 Å². The summed E-state index contributed by atoms with van der Waals surface area (Å²) in [5, 5.41) is 3.34. The molecule has 0 saturated heterocycles. The quantitative estimate of drug-likeness (QED) is 0.799. The first-order valence-corrected chi connectivity index (χ1v) is 8.94. The second kappa shape index (κ2) is 9.17. The number of aryl methyl sites for hydroxylation is 1. The smallest absolute Gasteiger partial charge is 0.245 e. The SMILES string of the molecule is CCCCN(CC(=O)Nc1ncc(C)s1)C(=O)Cc1ccccc1. The third-order valence-corrected chi connectivity index (χ3v) is 4.36. The monoisotopic (exact) mass is 345 g/mol. The zero-order valence-corrected chi connectivity index (χ0v) is 14.9. The molecule has 0 atom stereocenters. The van der Waals surface area contributed by atoms with E-state index in [0.717, 1.165) is 23.3 Å². The lowest BCUT2D eigenvalue weighted by molar-refractivity contribution is -0.134. The molecular formula is C18H23N3O2S. The lowest BCUT2D eigenvalue weighted by Gasteiger charge is -2.22. The van der Waals surface area contributed by atoms with Crippen LogP contribution in [0.2, 0.25) is 0 Å². The molecule has 0 unspecified atom stereocenters. The largest absolute Gasteiger partial charge is 0.333 e. The molecule has 6 heteroatoms. The lowest BCUT2D eigenvalue weighted by Crippen LogP contribution is -2.39. The molecule has 0 fully saturated rings. The summed E-state index contributed by atoms with van der Waals surface area (Å²) in [4.78, 5) is 31.5. The molecule has 24 heavy (non-hydrogen) atoms. The van der Waals surface area contributed by atoms with Gasteiger partial charge in [0.25, 0.3) is 0 Å². The Bertz CT molecular complexity index is 670. The van der Waals surface area contributed by atoms with Gasteiger partial charge in [0.15, 0.2) is 5.13 Å². The molecule has 2 rings (SSSR count). The number of nitrogens with one attached hydrogen (secondary N) is 1. The third-order valence-electron chi connectivity index (χ3n) is 3.53. The van der Waals surface area contributed by atoms with Gasteiger partial charge in [-0.05, 0) is 18.9 Å². The summed E-state index contributed by atoms with van der Waals surface area (Å²) in [5.41, 5.74) is 0.958. The van der Waals surface area contributed by atoms with Crippen molar-refractivity contribution in [2.45, 2.75) is 33.1 Å². The molecule has 1 heterocycles. The molecule has 0 bridgehead atoms. The first-order chi connectivity index (χ1) is 11.6. The van der Waals surface area contributed by atoms with Gasteiger partial charge in [0.1, 0.15) is 0 Å². The van der Waals surface area contributed by atoms with Gasteiger partial charge in [-0.15, -0.1) is 11.3 Å². The molecule has 0 aliphatic heterocycles. The van der Waals surface area contributed by atoms with Crippen molar-refractivity contribution in [3.63, 3.8) is 0 Å². The summed E-state index contributed by atoms with van der Waals surface area (Å²) in [6, 6.07) is 9.60. The van der Waals surface area contributed by atoms with Crippen molar-refractivity contribution in [2.75, 3.05) is 18.4 Å². The number of amides is 2. The van der Waals surface area contributed by atoms with Crippen molar-refractivity contribution in [2.24, 2.45) is 0 Å². The molecule has 1 aromatic heterocycles. The van der Waals surface area contributed by atoms with Crippen LogP contribution in [-0.4, -0.2) is 34.8 Å². The van der Waals surface area contributed by atoms with E-state index in [1.165, 1.54) is 11.3 Å². The fourth-order valence-corrected chi connectivity index (χ4v) is 2.95. The summed E-state index contributed by atoms with van der Waals surface area (Å²) in [7, 11) is 0. The van der Waals surface area contributed by atoms with E-state index in [1.807, 2.05) is 37.3 Å². The van der Waals surface area contributed by atoms with Crippen LogP contribution in [0.1, 0.15) is 30.2 Å². The number of hydrogen-bond acceptors (Lipinski definition) is 4. The Hall–Kier alpha value is -2.21. The molecule has 5 nitrogen and oxygen atoms in total. The number of unbranched alkanes of at least 4 members (excludes halogenated alkanes) is 1. The average molecular weight is 345 g/mol. The lowest BCUT2D eigenvalue weighted by atomic mass is 10.1. The zero-order valence-electron chi connectivity index (χ0n) is 14.1. The molecule has 2 aromatic rings. The summed E-state index contributed by atoms with van der Waals surface area (Å²) < 4.78 is 0. The second-order valence-corrected chi connectivity index (χ2v) is 6.89. The molecule has 128 valence electrons. The number of rotatable bonds is 8. The van der Waals surface area contributed by atoms with Crippen molar-refractivity contribution in [3.05, 3.63) is 47.0 Å². The van der Waals surface area contributed by atoms with Crippen molar-refractivity contribution in [1.29, 1.82) is 0 Å². The van der Waals surface area contributed by atoms with Gasteiger partial charge in [-0.25, -0.2) is 4.98 Å². The van der Waals surface area contributed by atoms with Gasteiger partial charge < -0.3 is 10.2 Å². The normalized spacial score (nSPS) is 10.4. The van der Waals surface area contributed by atoms with Gasteiger partial charge in [0.2, 0.25) is 11.8 Å². The standard InChI is InChI=1S/C18H23N3O2S/c1-3-4-10-21(17(23)11-15-8-6-5-7-9-15)13-16(22)20-18-19-12-14(2)24-18/h5-9,12H,3-4,10-11,13H2,1-2H3,(H,19,20,22). The van der Waals surface area contributed by atoms with Gasteiger partial charge in [-0.2, -0.15) is 0 Å². The van der Waals surface area contributed by atoms with Crippen molar-refractivity contribution < 1.29 is 9.59 Å². The van der Waals surface area contributed by atoms with E-state index >= 15 is 0 Å². The molecular weight excluding hydrogens is 322 g/mol. The molecule has 2 amide bonds. The van der Waals surface area contributed by atoms with Crippen molar-refractivity contribution in [1.82, 2.24) is 9.88 Å². The van der Waals surface area contributed by atoms with Gasteiger partial charge >= 0.3 is 0 Å². The van der Waals surface area contributed by atoms with Crippen molar-refractivity contribution in [3.8, 4) is 0 Å². The predicted molar refractivity (Wildman–Crippen MR) is 97.1 cm³/mol. The summed E-state index contributed by atoms with van der Waals surface area (Å²) in [5.74, 6) is -0.234. The van der Waals surface area contributed by atoms with Crippen LogP contribution < -0.4 is 5.32 Å². The number of hydrogen-bond donors (Lipinski definition) is 1. The van der Waals surface area contributed by atoms with Crippen LogP contribution in [0.15, 0.2) is 36.5 Å². The Morgan fingerprint density at radius 3 is 2.62 bits per heavy atom. The van der Waals surface area contributed by atoms with Gasteiger partial charge in [-0.3, -0.25) is 9.59 Å². The zero-order chi connectivity index (χ0) is 17.4. The van der Waals surface area contributed by atoms with E-state index in [4.69, 9.17) is 0 Å². The minimum atomic E-state index is -0.207. The van der Waals surface area contributed by atoms with Crippen molar-refractivity contribution >= 4 is 28.3 Å². The highest BCUT2D eigenvalue weighted by Gasteiger charge is 2.17. The fraction of sp³-hybridized carbons (Fsp3) is 0.389. The number of aromatic nitrogens is 1. The third kappa shape index (κ3) is 5.77. The first kappa shape index (κ1) is 18.1. The van der Waals surface area contributed by atoms with E-state index in [1.54, 1.807) is 11.1 Å². The second-order valence-electron chi connectivity index (χ2n) is 5.66. The molecule has 0 spiro atoms. The number of thiazole rings is 1. The number of carbonyl (C=O) groups excluding carboxylic acids is 2. The fourth-order valence-electron chi connectivity index (χ4n) is 2.27. The Morgan fingerprint density at radius 1 is 1.25 bits per heavy atom. The van der Waals surface area contributed by atoms with Crippen LogP contribution in [0.3, 0.4) is 0 Å². The minimum Gasteiger partial charge on any atom is -0.333 e. The molecule has 1 N–H and O–H groups in total. The van der Waals surface area contributed by atoms with E-state index < -0.39 is 0 Å². The summed E-state index contributed by atoms with van der Waals surface area (Å²) in [6.07, 6.45) is 3.89. The summed E-state index contributed by atoms with van der Waals surface area (Å²) in [6.45, 7) is 4.65. The average Bonchev–Trinajstić information content (AvgIpc) is 2.97. The Morgan fingerprint density at radius 2 is 2.00 bits per heavy atom. The Balaban J connectivity index is 1.96. The van der Waals surface area contributed by atoms with Gasteiger partial charge in [0, 0.05) is 17.6 Å². The molecule has 0 aliphatic carbocycles. The van der Waals surface area contributed by atoms with E-state index in [0.29, 0.717) is 18.1 Å².